The van der Waals surface area contributed by atoms with Crippen molar-refractivity contribution in [3.63, 3.8) is 0 Å². The summed E-state index contributed by atoms with van der Waals surface area (Å²) in [6, 6.07) is 6.98. The second kappa shape index (κ2) is 7.98. The van der Waals surface area contributed by atoms with Crippen molar-refractivity contribution in [1.29, 1.82) is 0 Å². The summed E-state index contributed by atoms with van der Waals surface area (Å²) < 4.78 is 15.7. The molecule has 0 unspecified atom stereocenters. The number of hydrogen-bond donors (Lipinski definition) is 1. The maximum absolute atomic E-state index is 12.3. The highest BCUT2D eigenvalue weighted by atomic mass is 16.5. The van der Waals surface area contributed by atoms with Crippen molar-refractivity contribution in [3.8, 4) is 17.6 Å². The Morgan fingerprint density at radius 3 is 2.43 bits per heavy atom. The van der Waals surface area contributed by atoms with Crippen molar-refractivity contribution in [1.82, 2.24) is 9.97 Å². The molecule has 0 aliphatic heterocycles. The molecule has 0 spiro atoms. The van der Waals surface area contributed by atoms with Crippen molar-refractivity contribution in [2.75, 3.05) is 25.6 Å². The standard InChI is InChI=1S/C16H19N3O4/c1-4-22-15-13(10-17-16(19-15)23-5-2)18-14(20)11-6-8-12(21-3)9-7-11/h6-10H,4-5H2,1-3H3,(H,18,20). The van der Waals surface area contributed by atoms with Crippen LogP contribution in [0.1, 0.15) is 24.2 Å². The van der Waals surface area contributed by atoms with E-state index in [9.17, 15) is 4.79 Å². The van der Waals surface area contributed by atoms with Gasteiger partial charge in [0.25, 0.3) is 5.91 Å². The zero-order valence-corrected chi connectivity index (χ0v) is 13.3. The van der Waals surface area contributed by atoms with Crippen LogP contribution in [0.2, 0.25) is 0 Å². The van der Waals surface area contributed by atoms with E-state index in [4.69, 9.17) is 14.2 Å². The predicted octanol–water partition coefficient (Wildman–Crippen LogP) is 2.53. The summed E-state index contributed by atoms with van der Waals surface area (Å²) in [6.07, 6.45) is 1.46. The molecule has 0 aliphatic rings. The first-order valence-corrected chi connectivity index (χ1v) is 7.26. The normalized spacial score (nSPS) is 10.0. The average Bonchev–Trinajstić information content (AvgIpc) is 2.57. The summed E-state index contributed by atoms with van der Waals surface area (Å²) in [6.45, 7) is 4.53. The number of amides is 1. The highest BCUT2D eigenvalue weighted by molar-refractivity contribution is 6.04. The molecule has 1 aromatic carbocycles. The van der Waals surface area contributed by atoms with Crippen LogP contribution in [0.15, 0.2) is 30.5 Å². The van der Waals surface area contributed by atoms with Gasteiger partial charge in [-0.3, -0.25) is 4.79 Å². The van der Waals surface area contributed by atoms with Crippen LogP contribution in [0, 0.1) is 0 Å². The highest BCUT2D eigenvalue weighted by Gasteiger charge is 2.13. The summed E-state index contributed by atoms with van der Waals surface area (Å²) in [5, 5.41) is 2.73. The number of benzene rings is 1. The van der Waals surface area contributed by atoms with E-state index in [-0.39, 0.29) is 17.8 Å². The van der Waals surface area contributed by atoms with E-state index in [1.165, 1.54) is 6.20 Å². The molecule has 0 atom stereocenters. The molecular formula is C16H19N3O4. The van der Waals surface area contributed by atoms with Crippen LogP contribution in [0.25, 0.3) is 0 Å². The van der Waals surface area contributed by atoms with Crippen molar-refractivity contribution in [2.45, 2.75) is 13.8 Å². The Labute approximate surface area is 134 Å². The molecule has 7 nitrogen and oxygen atoms in total. The number of aromatic nitrogens is 2. The zero-order valence-electron chi connectivity index (χ0n) is 13.3. The smallest absolute Gasteiger partial charge is 0.319 e. The minimum atomic E-state index is -0.290. The number of carbonyl (C=O) groups excluding carboxylic acids is 1. The van der Waals surface area contributed by atoms with E-state index < -0.39 is 0 Å². The second-order valence-corrected chi connectivity index (χ2v) is 4.42. The number of anilines is 1. The number of ether oxygens (including phenoxy) is 3. The summed E-state index contributed by atoms with van der Waals surface area (Å²) in [4.78, 5) is 20.5. The maximum Gasteiger partial charge on any atom is 0.319 e. The van der Waals surface area contributed by atoms with Gasteiger partial charge >= 0.3 is 6.01 Å². The first kappa shape index (κ1) is 16.5. The lowest BCUT2D eigenvalue weighted by atomic mass is 10.2. The van der Waals surface area contributed by atoms with Gasteiger partial charge in [-0.2, -0.15) is 4.98 Å². The summed E-state index contributed by atoms with van der Waals surface area (Å²) >= 11 is 0. The fraction of sp³-hybridized carbons (Fsp3) is 0.312. The fourth-order valence-electron chi connectivity index (χ4n) is 1.82. The van der Waals surface area contributed by atoms with E-state index in [1.807, 2.05) is 13.8 Å². The Morgan fingerprint density at radius 1 is 1.13 bits per heavy atom. The Bertz CT molecular complexity index is 659. The van der Waals surface area contributed by atoms with Gasteiger partial charge in [-0.15, -0.1) is 0 Å². The predicted molar refractivity (Wildman–Crippen MR) is 85.3 cm³/mol. The van der Waals surface area contributed by atoms with E-state index in [2.05, 4.69) is 15.3 Å². The van der Waals surface area contributed by atoms with E-state index >= 15 is 0 Å². The Kier molecular flexibility index (Phi) is 5.74. The second-order valence-electron chi connectivity index (χ2n) is 4.42. The van der Waals surface area contributed by atoms with E-state index in [0.717, 1.165) is 0 Å². The monoisotopic (exact) mass is 317 g/mol. The zero-order chi connectivity index (χ0) is 16.7. The summed E-state index contributed by atoms with van der Waals surface area (Å²) in [5.41, 5.74) is 0.873. The Hall–Kier alpha value is -2.83. The van der Waals surface area contributed by atoms with Gasteiger partial charge in [-0.1, -0.05) is 0 Å². The molecule has 0 bridgehead atoms. The molecule has 2 aromatic rings. The third-order valence-electron chi connectivity index (χ3n) is 2.89. The van der Waals surface area contributed by atoms with E-state index in [1.54, 1.807) is 31.4 Å². The first-order valence-electron chi connectivity index (χ1n) is 7.26. The molecule has 0 saturated heterocycles. The third kappa shape index (κ3) is 4.32. The van der Waals surface area contributed by atoms with Gasteiger partial charge in [0.15, 0.2) is 0 Å². The molecule has 1 heterocycles. The number of carbonyl (C=O) groups is 1. The maximum atomic E-state index is 12.3. The van der Waals surface area contributed by atoms with Gasteiger partial charge in [0.05, 0.1) is 26.5 Å². The molecule has 23 heavy (non-hydrogen) atoms. The molecule has 2 rings (SSSR count). The van der Waals surface area contributed by atoms with Crippen LogP contribution >= 0.6 is 0 Å². The molecule has 0 fully saturated rings. The lowest BCUT2D eigenvalue weighted by molar-refractivity contribution is 0.102. The van der Waals surface area contributed by atoms with Gasteiger partial charge in [0.2, 0.25) is 5.88 Å². The number of hydrogen-bond acceptors (Lipinski definition) is 6. The minimum Gasteiger partial charge on any atom is -0.497 e. The molecule has 122 valence electrons. The largest absolute Gasteiger partial charge is 0.497 e. The van der Waals surface area contributed by atoms with Crippen molar-refractivity contribution < 1.29 is 19.0 Å². The van der Waals surface area contributed by atoms with Crippen LogP contribution in [0.4, 0.5) is 5.69 Å². The van der Waals surface area contributed by atoms with Crippen LogP contribution in [-0.4, -0.2) is 36.2 Å². The summed E-state index contributed by atoms with van der Waals surface area (Å²) in [5.74, 6) is 0.662. The van der Waals surface area contributed by atoms with Gasteiger partial charge in [0.1, 0.15) is 11.4 Å². The number of methoxy groups -OCH3 is 1. The van der Waals surface area contributed by atoms with Crippen molar-refractivity contribution >= 4 is 11.6 Å². The van der Waals surface area contributed by atoms with Crippen LogP contribution < -0.4 is 19.5 Å². The first-order chi connectivity index (χ1) is 11.2. The van der Waals surface area contributed by atoms with Gasteiger partial charge < -0.3 is 19.5 Å². The Balaban J connectivity index is 2.18. The van der Waals surface area contributed by atoms with Gasteiger partial charge in [-0.05, 0) is 38.1 Å². The summed E-state index contributed by atoms with van der Waals surface area (Å²) in [7, 11) is 1.57. The third-order valence-corrected chi connectivity index (χ3v) is 2.89. The van der Waals surface area contributed by atoms with E-state index in [0.29, 0.717) is 30.2 Å². The van der Waals surface area contributed by atoms with Crippen LogP contribution in [0.3, 0.4) is 0 Å². The number of nitrogens with one attached hydrogen (secondary N) is 1. The minimum absolute atomic E-state index is 0.207. The van der Waals surface area contributed by atoms with Gasteiger partial charge in [-0.25, -0.2) is 4.98 Å². The molecular weight excluding hydrogens is 298 g/mol. The molecule has 7 heteroatoms. The number of rotatable bonds is 7. The topological polar surface area (TPSA) is 82.6 Å². The lowest BCUT2D eigenvalue weighted by Crippen LogP contribution is -2.14. The Morgan fingerprint density at radius 2 is 1.83 bits per heavy atom. The number of nitrogens with zero attached hydrogens (tertiary/aromatic N) is 2. The molecule has 0 aliphatic carbocycles. The van der Waals surface area contributed by atoms with Gasteiger partial charge in [0, 0.05) is 5.56 Å². The van der Waals surface area contributed by atoms with Crippen LogP contribution in [0.5, 0.6) is 17.6 Å². The molecule has 1 amide bonds. The highest BCUT2D eigenvalue weighted by Crippen LogP contribution is 2.24. The average molecular weight is 317 g/mol. The lowest BCUT2D eigenvalue weighted by Gasteiger charge is -2.11. The van der Waals surface area contributed by atoms with Crippen molar-refractivity contribution in [3.05, 3.63) is 36.0 Å². The SMILES string of the molecule is CCOc1ncc(NC(=O)c2ccc(OC)cc2)c(OCC)n1. The van der Waals surface area contributed by atoms with Crippen LogP contribution in [-0.2, 0) is 0 Å². The molecule has 1 aromatic heterocycles. The van der Waals surface area contributed by atoms with Crippen molar-refractivity contribution in [2.24, 2.45) is 0 Å². The quantitative estimate of drug-likeness (QED) is 0.845. The molecule has 0 saturated carbocycles. The molecule has 0 radical (unpaired) electrons. The fourth-order valence-corrected chi connectivity index (χ4v) is 1.82. The molecule has 1 N–H and O–H groups in total.